The SMILES string of the molecule is c1ccc(-c2c3ccccc3c(-c3ccc(N(c4ccccc4)c4cc5c6c(c4)N(c4ccc(-c7c8ccccc8c(-c8ccccc8)c8ccccc78)cc4)c4ccccc4B6c4cc6c(cc4O5)N(c4ccccc4)c4cc(N(c5ccccc5)c5ccccc5)cc5c4B6c4ccccc4N5c4ccccc4)cc3)c3ccccc23)cc1. The van der Waals surface area contributed by atoms with E-state index in [1.54, 1.807) is 0 Å². The van der Waals surface area contributed by atoms with E-state index in [0.717, 1.165) is 119 Å². The van der Waals surface area contributed by atoms with Crippen LogP contribution in [0.15, 0.2) is 443 Å². The van der Waals surface area contributed by atoms with Gasteiger partial charge in [0.1, 0.15) is 11.5 Å². The first-order valence-corrected chi connectivity index (χ1v) is 41.4. The Hall–Kier alpha value is -15.6. The molecule has 0 amide bonds. The smallest absolute Gasteiger partial charge is 0.256 e. The van der Waals surface area contributed by atoms with Gasteiger partial charge in [0, 0.05) is 86.1 Å². The van der Waals surface area contributed by atoms with Crippen LogP contribution >= 0.6 is 0 Å². The van der Waals surface area contributed by atoms with Crippen molar-refractivity contribution < 1.29 is 4.74 Å². The van der Waals surface area contributed by atoms with Gasteiger partial charge in [0.05, 0.1) is 11.4 Å². The minimum atomic E-state index is -0.272. The number of hydrogen-bond donors (Lipinski definition) is 0. The maximum absolute atomic E-state index is 8.06. The van der Waals surface area contributed by atoms with Crippen molar-refractivity contribution in [2.24, 2.45) is 0 Å². The highest BCUT2D eigenvalue weighted by molar-refractivity contribution is 7.02. The molecule has 6 nitrogen and oxygen atoms in total. The highest BCUT2D eigenvalue weighted by Gasteiger charge is 2.48. The Morgan fingerprint density at radius 3 is 0.875 bits per heavy atom. The summed E-state index contributed by atoms with van der Waals surface area (Å²) < 4.78 is 8.06. The van der Waals surface area contributed by atoms with Crippen LogP contribution in [0.1, 0.15) is 0 Å². The monoisotopic (exact) mass is 1530 g/mol. The van der Waals surface area contributed by atoms with Crippen molar-refractivity contribution in [3.63, 3.8) is 0 Å². The number of fused-ring (bicyclic) bond motifs is 12. The summed E-state index contributed by atoms with van der Waals surface area (Å²) >= 11 is 0. The average molecular weight is 1530 g/mol. The Morgan fingerprint density at radius 1 is 0.183 bits per heavy atom. The summed E-state index contributed by atoms with van der Waals surface area (Å²) in [6.07, 6.45) is 0. The van der Waals surface area contributed by atoms with Gasteiger partial charge >= 0.3 is 0 Å². The predicted molar refractivity (Wildman–Crippen MR) is 507 cm³/mol. The van der Waals surface area contributed by atoms with E-state index in [-0.39, 0.29) is 13.4 Å². The second-order valence-electron chi connectivity index (χ2n) is 31.7. The van der Waals surface area contributed by atoms with Crippen LogP contribution in [0.2, 0.25) is 0 Å². The third-order valence-electron chi connectivity index (χ3n) is 25.2. The standard InChI is InChI=1S/C112H73B2N5O/c1-8-34-74(35-9-1)107-87-48-22-26-52-91(87)109(92-53-27-23-49-88(92)107)76-60-64-83(65-61-76)116(80-42-16-5-17-43-80)86-70-104-112-106(71-86)120-105-73-101-97(72-98(105)114(112)96-57-31-33-59-100(96)118(104)84-66-62-77(63-67-84)110-93-54-28-24-50-89(93)108(75-36-10-2-11-37-75)90-51-25-29-55-94(90)110)113-95-56-30-32-58-99(95)117(81-44-18-6-19-45-81)102-68-85(69-103(111(102)113)119(101)82-46-20-7-21-47-82)115(78-38-12-3-13-39-78)79-40-14-4-15-41-79/h1-73H. The molecule has 0 bridgehead atoms. The van der Waals surface area contributed by atoms with Crippen LogP contribution in [0.4, 0.5) is 85.3 Å². The van der Waals surface area contributed by atoms with Gasteiger partial charge in [-0.05, 0) is 236 Å². The van der Waals surface area contributed by atoms with Crippen LogP contribution in [-0.4, -0.2) is 13.4 Å². The predicted octanol–water partition coefficient (Wildman–Crippen LogP) is 26.4. The van der Waals surface area contributed by atoms with Gasteiger partial charge in [0.2, 0.25) is 0 Å². The van der Waals surface area contributed by atoms with Gasteiger partial charge < -0.3 is 29.2 Å². The molecule has 20 aromatic carbocycles. The van der Waals surface area contributed by atoms with Crippen LogP contribution in [0.25, 0.3) is 87.6 Å². The van der Waals surface area contributed by atoms with E-state index in [1.807, 2.05) is 0 Å². The van der Waals surface area contributed by atoms with Crippen molar-refractivity contribution in [1.82, 2.24) is 0 Å². The summed E-state index contributed by atoms with van der Waals surface area (Å²) in [7, 11) is 0. The average Bonchev–Trinajstić information content (AvgIpc) is 0.684. The van der Waals surface area contributed by atoms with Gasteiger partial charge in [-0.15, -0.1) is 0 Å². The molecule has 0 aliphatic carbocycles. The molecule has 8 heteroatoms. The Balaban J connectivity index is 0.731. The molecule has 4 aliphatic rings. The third kappa shape index (κ3) is 10.9. The lowest BCUT2D eigenvalue weighted by Gasteiger charge is -2.46. The number of para-hydroxylation sites is 7. The Labute approximate surface area is 698 Å². The van der Waals surface area contributed by atoms with Gasteiger partial charge in [-0.3, -0.25) is 0 Å². The van der Waals surface area contributed by atoms with E-state index >= 15 is 0 Å². The number of nitrogens with zero attached hydrogens (tertiary/aromatic N) is 5. The van der Waals surface area contributed by atoms with Crippen molar-refractivity contribution in [3.05, 3.63) is 443 Å². The minimum Gasteiger partial charge on any atom is -0.458 e. The maximum Gasteiger partial charge on any atom is 0.256 e. The van der Waals surface area contributed by atoms with Crippen molar-refractivity contribution in [2.45, 2.75) is 0 Å². The van der Waals surface area contributed by atoms with E-state index in [0.29, 0.717) is 0 Å². The number of anilines is 15. The Morgan fingerprint density at radius 2 is 0.475 bits per heavy atom. The van der Waals surface area contributed by atoms with Gasteiger partial charge in [-0.25, -0.2) is 0 Å². The van der Waals surface area contributed by atoms with Crippen LogP contribution in [0.5, 0.6) is 11.5 Å². The van der Waals surface area contributed by atoms with E-state index in [2.05, 4.69) is 467 Å². The highest BCUT2D eigenvalue weighted by atomic mass is 16.5. The molecule has 0 radical (unpaired) electrons. The number of rotatable bonds is 13. The van der Waals surface area contributed by atoms with Crippen LogP contribution in [0.3, 0.4) is 0 Å². The minimum absolute atomic E-state index is 0.208. The molecule has 4 heterocycles. The van der Waals surface area contributed by atoms with E-state index in [9.17, 15) is 0 Å². The summed E-state index contributed by atoms with van der Waals surface area (Å²) in [5.74, 6) is 1.59. The zero-order valence-electron chi connectivity index (χ0n) is 65.4. The summed E-state index contributed by atoms with van der Waals surface area (Å²) in [5.41, 5.74) is 32.5. The number of hydrogen-bond acceptors (Lipinski definition) is 6. The van der Waals surface area contributed by atoms with Crippen molar-refractivity contribution in [1.29, 1.82) is 0 Å². The Kier molecular flexibility index (Phi) is 16.1. The summed E-state index contributed by atoms with van der Waals surface area (Å²) in [6, 6.07) is 163. The van der Waals surface area contributed by atoms with Crippen molar-refractivity contribution in [3.8, 4) is 56.0 Å². The third-order valence-corrected chi connectivity index (χ3v) is 25.2. The summed E-state index contributed by atoms with van der Waals surface area (Å²) in [5, 5.41) is 9.74. The lowest BCUT2D eigenvalue weighted by molar-refractivity contribution is 0.488. The molecule has 0 atom stereocenters. The fraction of sp³-hybridized carbons (Fsp3) is 0. The van der Waals surface area contributed by atoms with Crippen LogP contribution in [0, 0.1) is 0 Å². The molecule has 558 valence electrons. The zero-order chi connectivity index (χ0) is 78.9. The van der Waals surface area contributed by atoms with E-state index in [4.69, 9.17) is 4.74 Å². The number of ether oxygens (including phenoxy) is 1. The first-order valence-electron chi connectivity index (χ1n) is 41.4. The van der Waals surface area contributed by atoms with Crippen LogP contribution in [-0.2, 0) is 0 Å². The fourth-order valence-electron chi connectivity index (χ4n) is 20.2. The van der Waals surface area contributed by atoms with Gasteiger partial charge in [0.15, 0.2) is 0 Å². The largest absolute Gasteiger partial charge is 0.458 e. The second-order valence-corrected chi connectivity index (χ2v) is 31.7. The molecule has 0 N–H and O–H groups in total. The van der Waals surface area contributed by atoms with E-state index < -0.39 is 0 Å². The molecule has 0 saturated carbocycles. The quantitative estimate of drug-likeness (QED) is 0.0843. The lowest BCUT2D eigenvalue weighted by Crippen LogP contribution is -2.64. The molecule has 0 saturated heterocycles. The highest BCUT2D eigenvalue weighted by Crippen LogP contribution is 2.54. The lowest BCUT2D eigenvalue weighted by atomic mass is 9.30. The van der Waals surface area contributed by atoms with Crippen molar-refractivity contribution in [2.75, 3.05) is 24.5 Å². The first-order chi connectivity index (χ1) is 59.6. The van der Waals surface area contributed by atoms with Crippen molar-refractivity contribution >= 4 is 175 Å². The normalized spacial score (nSPS) is 12.7. The molecule has 120 heavy (non-hydrogen) atoms. The van der Waals surface area contributed by atoms with Gasteiger partial charge in [-0.2, -0.15) is 0 Å². The second kappa shape index (κ2) is 28.1. The summed E-state index contributed by atoms with van der Waals surface area (Å²) in [6.45, 7) is -0.480. The molecular formula is C112H73B2N5O. The Bertz CT molecular complexity index is 7300. The molecular weight excluding hydrogens is 1450 g/mol. The van der Waals surface area contributed by atoms with E-state index in [1.165, 1.54) is 98.3 Å². The fourth-order valence-corrected chi connectivity index (χ4v) is 20.2. The zero-order valence-corrected chi connectivity index (χ0v) is 65.4. The molecule has 4 aliphatic heterocycles. The van der Waals surface area contributed by atoms with Crippen LogP contribution < -0.4 is 62.0 Å². The molecule has 20 aromatic rings. The van der Waals surface area contributed by atoms with Gasteiger partial charge in [-0.1, -0.05) is 315 Å². The number of benzene rings is 20. The molecule has 24 rings (SSSR count). The molecule has 0 spiro atoms. The topological polar surface area (TPSA) is 25.4 Å². The first kappa shape index (κ1) is 68.7. The molecule has 0 fully saturated rings. The van der Waals surface area contributed by atoms with Gasteiger partial charge in [0.25, 0.3) is 13.4 Å². The maximum atomic E-state index is 8.06. The summed E-state index contributed by atoms with van der Waals surface area (Å²) in [4.78, 5) is 12.4. The molecule has 0 aromatic heterocycles. The molecule has 0 unspecified atom stereocenters.